The van der Waals surface area contributed by atoms with E-state index in [2.05, 4.69) is 56.1 Å². The molecule has 8 aromatic rings. The molecule has 0 aliphatic heterocycles. The van der Waals surface area contributed by atoms with Gasteiger partial charge in [-0.15, -0.1) is 0 Å². The number of nitrogens with one attached hydrogen (secondary N) is 3. The van der Waals surface area contributed by atoms with Gasteiger partial charge in [0.2, 0.25) is 0 Å². The summed E-state index contributed by atoms with van der Waals surface area (Å²) in [6.07, 6.45) is 14.1. The Bertz CT molecular complexity index is 3470. The molecule has 8 aromatic heterocycles. The molecule has 0 atom stereocenters. The molecule has 8 heterocycles. The van der Waals surface area contributed by atoms with E-state index in [9.17, 15) is 24.0 Å². The molecular formula is C49H52N16O6. The molecule has 22 heteroatoms. The van der Waals surface area contributed by atoms with Gasteiger partial charge in [-0.2, -0.15) is 19.2 Å². The Morgan fingerprint density at radius 2 is 1.18 bits per heavy atom. The molecule has 2 aliphatic rings. The molecule has 364 valence electrons. The fourth-order valence-corrected chi connectivity index (χ4v) is 7.63. The van der Waals surface area contributed by atoms with Crippen LogP contribution in [0, 0.1) is 25.7 Å². The minimum atomic E-state index is -0.720. The normalized spacial score (nSPS) is 13.3. The van der Waals surface area contributed by atoms with Gasteiger partial charge in [0.15, 0.2) is 22.9 Å². The van der Waals surface area contributed by atoms with Crippen LogP contribution in [0.1, 0.15) is 91.7 Å². The lowest BCUT2D eigenvalue weighted by molar-refractivity contribution is 0.0587. The fraction of sp³-hybridized carbons (Fsp3) is 0.327. The summed E-state index contributed by atoms with van der Waals surface area (Å²) in [7, 11) is 3.31. The van der Waals surface area contributed by atoms with Crippen molar-refractivity contribution < 1.29 is 19.1 Å². The number of rotatable bonds is 14. The number of Topliss-reactive ketones (excluding diaryl/α,β-unsaturated/α-hetero) is 2. The highest BCUT2D eigenvalue weighted by molar-refractivity contribution is 6.03. The van der Waals surface area contributed by atoms with Crippen LogP contribution in [0.2, 0.25) is 0 Å². The number of fused-ring (bicyclic) bond motifs is 2. The van der Waals surface area contributed by atoms with Gasteiger partial charge in [0.25, 0.3) is 11.1 Å². The maximum absolute atomic E-state index is 13.3. The summed E-state index contributed by atoms with van der Waals surface area (Å²) in [5, 5.41) is 17.9. The Labute approximate surface area is 406 Å². The van der Waals surface area contributed by atoms with E-state index in [0.29, 0.717) is 87.9 Å². The van der Waals surface area contributed by atoms with Gasteiger partial charge in [0.05, 0.1) is 23.5 Å². The number of anilines is 6. The van der Waals surface area contributed by atoms with Crippen LogP contribution in [0.25, 0.3) is 22.9 Å². The van der Waals surface area contributed by atoms with E-state index in [1.165, 1.54) is 24.7 Å². The van der Waals surface area contributed by atoms with Gasteiger partial charge in [-0.1, -0.05) is 0 Å². The molecule has 0 saturated heterocycles. The SMILES string of the molecule is CNc1cc(Nc2cccn(-c3ccnc(C)n3)c2=O)nc2c(C(=O)CC3CC3)cnn12.Cc1nccc(-n2cccc(Nc3cc(N(C)C(=O)OC(C)(C)C)n4ncc(C(=O)CC5CC5)c4n3)c2=O)n1. The number of aromatic nitrogens is 12. The number of amides is 1. The van der Waals surface area contributed by atoms with Gasteiger partial charge >= 0.3 is 6.09 Å². The van der Waals surface area contributed by atoms with E-state index in [1.807, 2.05) is 0 Å². The minimum Gasteiger partial charge on any atom is -0.443 e. The smallest absolute Gasteiger partial charge is 0.415 e. The fourth-order valence-electron chi connectivity index (χ4n) is 7.63. The molecule has 2 aliphatic carbocycles. The maximum Gasteiger partial charge on any atom is 0.415 e. The van der Waals surface area contributed by atoms with E-state index in [4.69, 9.17) is 4.74 Å². The highest BCUT2D eigenvalue weighted by atomic mass is 16.6. The highest BCUT2D eigenvalue weighted by Gasteiger charge is 2.30. The van der Waals surface area contributed by atoms with Crippen LogP contribution in [-0.2, 0) is 4.74 Å². The van der Waals surface area contributed by atoms with Crippen LogP contribution in [-0.4, -0.2) is 95.6 Å². The number of carbonyl (C=O) groups is 3. The maximum atomic E-state index is 13.3. The van der Waals surface area contributed by atoms with Gasteiger partial charge in [-0.25, -0.2) is 34.7 Å². The number of nitrogens with zero attached hydrogens (tertiary/aromatic N) is 13. The first-order chi connectivity index (χ1) is 34.0. The Morgan fingerprint density at radius 3 is 1.65 bits per heavy atom. The lowest BCUT2D eigenvalue weighted by Crippen LogP contribution is -2.35. The zero-order valence-electron chi connectivity index (χ0n) is 40.2. The summed E-state index contributed by atoms with van der Waals surface area (Å²) in [5.74, 6) is 4.46. The summed E-state index contributed by atoms with van der Waals surface area (Å²) in [6, 6.07) is 13.4. The van der Waals surface area contributed by atoms with Crippen molar-refractivity contribution in [2.75, 3.05) is 34.9 Å². The molecular weight excluding hydrogens is 909 g/mol. The lowest BCUT2D eigenvalue weighted by atomic mass is 10.1. The number of hydrogen-bond acceptors (Lipinski definition) is 17. The lowest BCUT2D eigenvalue weighted by Gasteiger charge is -2.25. The van der Waals surface area contributed by atoms with Crippen LogP contribution in [0.4, 0.5) is 39.4 Å². The van der Waals surface area contributed by atoms with Gasteiger partial charge in [0.1, 0.15) is 63.5 Å². The molecule has 0 radical (unpaired) electrons. The molecule has 0 aromatic carbocycles. The van der Waals surface area contributed by atoms with Gasteiger partial charge in [0, 0.05) is 63.9 Å². The monoisotopic (exact) mass is 960 g/mol. The molecule has 1 amide bonds. The van der Waals surface area contributed by atoms with Crippen molar-refractivity contribution >= 4 is 63.6 Å². The van der Waals surface area contributed by atoms with Crippen LogP contribution in [0.5, 0.6) is 0 Å². The molecule has 0 spiro atoms. The third kappa shape index (κ3) is 10.6. The van der Waals surface area contributed by atoms with E-state index in [1.54, 1.807) is 133 Å². The molecule has 2 saturated carbocycles. The number of carbonyl (C=O) groups excluding carboxylic acids is 3. The van der Waals surface area contributed by atoms with E-state index in [-0.39, 0.29) is 39.8 Å². The Morgan fingerprint density at radius 1 is 0.704 bits per heavy atom. The predicted octanol–water partition coefficient (Wildman–Crippen LogP) is 6.82. The van der Waals surface area contributed by atoms with Crippen molar-refractivity contribution in [1.29, 1.82) is 0 Å². The van der Waals surface area contributed by atoms with Crippen molar-refractivity contribution in [3.8, 4) is 11.6 Å². The first-order valence-electron chi connectivity index (χ1n) is 23.1. The summed E-state index contributed by atoms with van der Waals surface area (Å²) in [6.45, 7) is 8.83. The highest BCUT2D eigenvalue weighted by Crippen LogP contribution is 2.35. The molecule has 3 N–H and O–H groups in total. The number of pyridine rings is 2. The number of aryl methyl sites for hydroxylation is 2. The van der Waals surface area contributed by atoms with Crippen LogP contribution in [0.15, 0.2) is 95.3 Å². The van der Waals surface area contributed by atoms with E-state index >= 15 is 0 Å². The Balaban J connectivity index is 0.000000179. The van der Waals surface area contributed by atoms with Crippen molar-refractivity contribution in [3.63, 3.8) is 0 Å². The summed E-state index contributed by atoms with van der Waals surface area (Å²) < 4.78 is 11.4. The molecule has 22 nitrogen and oxygen atoms in total. The van der Waals surface area contributed by atoms with Gasteiger partial charge in [-0.3, -0.25) is 33.2 Å². The second kappa shape index (κ2) is 19.4. The first kappa shape index (κ1) is 47.4. The largest absolute Gasteiger partial charge is 0.443 e. The minimum absolute atomic E-state index is 0.0374. The van der Waals surface area contributed by atoms with Crippen molar-refractivity contribution in [2.45, 2.75) is 78.7 Å². The van der Waals surface area contributed by atoms with E-state index < -0.39 is 11.7 Å². The van der Waals surface area contributed by atoms with Crippen LogP contribution in [0.3, 0.4) is 0 Å². The predicted molar refractivity (Wildman–Crippen MR) is 265 cm³/mol. The Hall–Kier alpha value is -8.69. The van der Waals surface area contributed by atoms with Crippen LogP contribution >= 0.6 is 0 Å². The quantitative estimate of drug-likeness (QED) is 0.0945. The third-order valence-electron chi connectivity index (χ3n) is 11.6. The third-order valence-corrected chi connectivity index (χ3v) is 11.6. The second-order valence-corrected chi connectivity index (χ2v) is 18.4. The summed E-state index contributed by atoms with van der Waals surface area (Å²) >= 11 is 0. The van der Waals surface area contributed by atoms with Crippen LogP contribution < -0.4 is 32.0 Å². The van der Waals surface area contributed by atoms with E-state index in [0.717, 1.165) is 25.7 Å². The molecule has 10 rings (SSSR count). The molecule has 2 fully saturated rings. The Kier molecular flexibility index (Phi) is 12.9. The zero-order valence-corrected chi connectivity index (χ0v) is 40.2. The molecule has 0 unspecified atom stereocenters. The molecule has 71 heavy (non-hydrogen) atoms. The summed E-state index contributed by atoms with van der Waals surface area (Å²) in [5.41, 5.74) is 0.754. The van der Waals surface area contributed by atoms with Crippen molar-refractivity contribution in [1.82, 2.24) is 58.3 Å². The summed E-state index contributed by atoms with van der Waals surface area (Å²) in [4.78, 5) is 92.5. The number of hydrogen-bond donors (Lipinski definition) is 3. The number of ether oxygens (including phenoxy) is 1. The van der Waals surface area contributed by atoms with Crippen molar-refractivity contribution in [3.05, 3.63) is 129 Å². The first-order valence-corrected chi connectivity index (χ1v) is 23.1. The average molecular weight is 961 g/mol. The van der Waals surface area contributed by atoms with Gasteiger partial charge < -0.3 is 20.7 Å². The van der Waals surface area contributed by atoms with Gasteiger partial charge in [-0.05, 0) is 109 Å². The molecule has 0 bridgehead atoms. The van der Waals surface area contributed by atoms with Crippen molar-refractivity contribution in [2.24, 2.45) is 11.8 Å². The second-order valence-electron chi connectivity index (χ2n) is 18.4. The average Bonchev–Trinajstić information content (AvgIpc) is 4.25. The zero-order chi connectivity index (χ0) is 50.1. The standard InChI is InChI=1S/C27H30N8O4.C22H22N8O2/c1-16-28-11-10-22(30-16)34-12-6-7-19(25(34)37)31-21-14-23(33(5)26(38)39-27(2,3)4)35-24(32-21)18(15-29-35)20(36)13-17-8-9-17;1-13-24-8-7-19(26-13)29-9-3-4-16(22(29)32)27-18-11-20(23-2)30-21(28-18)15(12-25-30)17(31)10-14-5-6-14/h6-7,10-12,14-15,17H,8-9,13H2,1-5H3,(H,31,32);3-4,7-9,11-12,14,23H,5-6,10H2,1-2H3,(H,27,28). The topological polar surface area (TPSA) is 256 Å². The number of ketones is 2.